The Balaban J connectivity index is 0.000000427. The van der Waals surface area contributed by atoms with Gasteiger partial charge in [0.2, 0.25) is 0 Å². The lowest BCUT2D eigenvalue weighted by atomic mass is 9.84. The third kappa shape index (κ3) is 7.29. The SMILES string of the molecule is CC1CCCCC1N1CCN(C2CCN(Cc3ccccc3)CC2)CC1.O=C(O)C(=O)O. The second-order valence-corrected chi connectivity index (χ2v) is 9.50. The Morgan fingerprint density at radius 1 is 0.812 bits per heavy atom. The van der Waals surface area contributed by atoms with Gasteiger partial charge in [-0.2, -0.15) is 0 Å². The second-order valence-electron chi connectivity index (χ2n) is 9.50. The molecule has 32 heavy (non-hydrogen) atoms. The molecule has 2 aliphatic heterocycles. The minimum absolute atomic E-state index is 0.827. The first-order valence-corrected chi connectivity index (χ1v) is 12.1. The van der Waals surface area contributed by atoms with Crippen LogP contribution in [0.5, 0.6) is 0 Å². The molecule has 1 aromatic carbocycles. The van der Waals surface area contributed by atoms with Gasteiger partial charge >= 0.3 is 11.9 Å². The molecule has 3 aliphatic rings. The average molecular weight is 446 g/mol. The molecule has 1 saturated carbocycles. The van der Waals surface area contributed by atoms with Gasteiger partial charge in [-0.1, -0.05) is 50.1 Å². The number of likely N-dealkylation sites (tertiary alicyclic amines) is 1. The smallest absolute Gasteiger partial charge is 0.414 e. The number of piperazine rings is 1. The Labute approximate surface area is 192 Å². The van der Waals surface area contributed by atoms with Gasteiger partial charge < -0.3 is 10.2 Å². The normalized spacial score (nSPS) is 26.2. The molecule has 2 N–H and O–H groups in total. The summed E-state index contributed by atoms with van der Waals surface area (Å²) >= 11 is 0. The average Bonchev–Trinajstić information content (AvgIpc) is 2.81. The highest BCUT2D eigenvalue weighted by molar-refractivity contribution is 6.27. The van der Waals surface area contributed by atoms with Gasteiger partial charge in [-0.05, 0) is 50.3 Å². The Hall–Kier alpha value is -1.96. The van der Waals surface area contributed by atoms with E-state index in [0.717, 1.165) is 24.5 Å². The summed E-state index contributed by atoms with van der Waals surface area (Å²) in [5.74, 6) is -2.73. The summed E-state index contributed by atoms with van der Waals surface area (Å²) in [4.78, 5) is 26.5. The van der Waals surface area contributed by atoms with Crippen LogP contribution in [0.1, 0.15) is 51.0 Å². The number of carboxylic acids is 2. The minimum atomic E-state index is -1.82. The van der Waals surface area contributed by atoms with Gasteiger partial charge in [-0.15, -0.1) is 0 Å². The van der Waals surface area contributed by atoms with E-state index in [1.807, 2.05) is 0 Å². The number of carbonyl (C=O) groups is 2. The monoisotopic (exact) mass is 445 g/mol. The summed E-state index contributed by atoms with van der Waals surface area (Å²) in [5.41, 5.74) is 1.46. The quantitative estimate of drug-likeness (QED) is 0.689. The van der Waals surface area contributed by atoms with Crippen molar-refractivity contribution in [1.82, 2.24) is 14.7 Å². The summed E-state index contributed by atoms with van der Waals surface area (Å²) in [6.45, 7) is 11.3. The van der Waals surface area contributed by atoms with Gasteiger partial charge in [0, 0.05) is 44.8 Å². The van der Waals surface area contributed by atoms with Crippen LogP contribution in [0.2, 0.25) is 0 Å². The number of piperidine rings is 1. The van der Waals surface area contributed by atoms with Crippen LogP contribution in [-0.4, -0.2) is 88.2 Å². The molecule has 4 rings (SSSR count). The fourth-order valence-corrected chi connectivity index (χ4v) is 5.56. The molecule has 178 valence electrons. The largest absolute Gasteiger partial charge is 0.473 e. The molecule has 1 aromatic rings. The fraction of sp³-hybridized carbons (Fsp3) is 0.680. The van der Waals surface area contributed by atoms with Crippen LogP contribution in [0, 0.1) is 5.92 Å². The van der Waals surface area contributed by atoms with Crippen molar-refractivity contribution in [3.8, 4) is 0 Å². The maximum atomic E-state index is 9.10. The maximum Gasteiger partial charge on any atom is 0.414 e. The number of rotatable bonds is 4. The van der Waals surface area contributed by atoms with Crippen molar-refractivity contribution in [2.24, 2.45) is 5.92 Å². The van der Waals surface area contributed by atoms with E-state index >= 15 is 0 Å². The number of benzene rings is 1. The second kappa shape index (κ2) is 12.3. The van der Waals surface area contributed by atoms with Gasteiger partial charge in [-0.25, -0.2) is 9.59 Å². The molecule has 3 fully saturated rings. The number of carboxylic acid groups (broad SMARTS) is 2. The first kappa shape index (κ1) is 24.7. The molecular weight excluding hydrogens is 406 g/mol. The number of hydrogen-bond acceptors (Lipinski definition) is 5. The van der Waals surface area contributed by atoms with Crippen LogP contribution in [0.3, 0.4) is 0 Å². The third-order valence-electron chi connectivity index (χ3n) is 7.39. The highest BCUT2D eigenvalue weighted by Gasteiger charge is 2.32. The lowest BCUT2D eigenvalue weighted by Crippen LogP contribution is -2.56. The molecule has 7 heteroatoms. The summed E-state index contributed by atoms with van der Waals surface area (Å²) in [7, 11) is 0. The Kier molecular flexibility index (Phi) is 9.51. The standard InChI is InChI=1S/C23H37N3.C2H2O4/c1-20-7-5-6-10-23(20)26-17-15-25(16-18-26)22-11-13-24(14-12-22)19-21-8-3-2-4-9-21;3-1(4)2(5)6/h2-4,8-9,20,22-23H,5-7,10-19H2,1H3;(H,3,4)(H,5,6). The summed E-state index contributed by atoms with van der Waals surface area (Å²) in [6, 6.07) is 12.7. The van der Waals surface area contributed by atoms with Gasteiger partial charge in [0.05, 0.1) is 0 Å². The van der Waals surface area contributed by atoms with Crippen molar-refractivity contribution in [2.75, 3.05) is 39.3 Å². The first-order chi connectivity index (χ1) is 15.4. The lowest BCUT2D eigenvalue weighted by molar-refractivity contribution is -0.159. The van der Waals surface area contributed by atoms with Crippen LogP contribution in [0.25, 0.3) is 0 Å². The van der Waals surface area contributed by atoms with Crippen molar-refractivity contribution in [3.63, 3.8) is 0 Å². The van der Waals surface area contributed by atoms with Crippen LogP contribution in [0.4, 0.5) is 0 Å². The molecule has 2 unspecified atom stereocenters. The zero-order valence-corrected chi connectivity index (χ0v) is 19.4. The molecule has 0 bridgehead atoms. The van der Waals surface area contributed by atoms with Gasteiger partial charge in [-0.3, -0.25) is 14.7 Å². The molecule has 2 heterocycles. The summed E-state index contributed by atoms with van der Waals surface area (Å²) < 4.78 is 0. The zero-order chi connectivity index (χ0) is 22.9. The molecule has 1 aliphatic carbocycles. The highest BCUT2D eigenvalue weighted by atomic mass is 16.4. The molecule has 0 aromatic heterocycles. The third-order valence-corrected chi connectivity index (χ3v) is 7.39. The Bertz CT molecular complexity index is 701. The molecule has 0 spiro atoms. The van der Waals surface area contributed by atoms with Crippen LogP contribution in [-0.2, 0) is 16.1 Å². The highest BCUT2D eigenvalue weighted by Crippen LogP contribution is 2.29. The summed E-state index contributed by atoms with van der Waals surface area (Å²) in [6.07, 6.45) is 8.51. The van der Waals surface area contributed by atoms with E-state index in [9.17, 15) is 0 Å². The van der Waals surface area contributed by atoms with Crippen LogP contribution < -0.4 is 0 Å². The van der Waals surface area contributed by atoms with Crippen molar-refractivity contribution in [2.45, 2.75) is 64.1 Å². The molecule has 0 amide bonds. The zero-order valence-electron chi connectivity index (χ0n) is 19.4. The van der Waals surface area contributed by atoms with Crippen molar-refractivity contribution >= 4 is 11.9 Å². The Morgan fingerprint density at radius 2 is 1.38 bits per heavy atom. The summed E-state index contributed by atoms with van der Waals surface area (Å²) in [5, 5.41) is 14.8. The number of hydrogen-bond donors (Lipinski definition) is 2. The van der Waals surface area contributed by atoms with Crippen molar-refractivity contribution in [1.29, 1.82) is 0 Å². The van der Waals surface area contributed by atoms with Crippen LogP contribution in [0.15, 0.2) is 30.3 Å². The predicted octanol–water partition coefficient (Wildman–Crippen LogP) is 3.00. The topological polar surface area (TPSA) is 84.3 Å². The van der Waals surface area contributed by atoms with E-state index in [2.05, 4.69) is 52.0 Å². The van der Waals surface area contributed by atoms with E-state index in [1.54, 1.807) is 0 Å². The predicted molar refractivity (Wildman–Crippen MR) is 125 cm³/mol. The van der Waals surface area contributed by atoms with E-state index in [-0.39, 0.29) is 0 Å². The molecule has 7 nitrogen and oxygen atoms in total. The number of nitrogens with zero attached hydrogens (tertiary/aromatic N) is 3. The number of aliphatic carboxylic acids is 2. The van der Waals surface area contributed by atoms with Gasteiger partial charge in [0.15, 0.2) is 0 Å². The molecule has 2 atom stereocenters. The molecule has 2 saturated heterocycles. The van der Waals surface area contributed by atoms with Crippen molar-refractivity contribution < 1.29 is 19.8 Å². The van der Waals surface area contributed by atoms with E-state index in [4.69, 9.17) is 19.8 Å². The molecular formula is C25H39N3O4. The van der Waals surface area contributed by atoms with E-state index in [0.29, 0.717) is 0 Å². The van der Waals surface area contributed by atoms with Crippen LogP contribution >= 0.6 is 0 Å². The van der Waals surface area contributed by atoms with E-state index < -0.39 is 11.9 Å². The Morgan fingerprint density at radius 3 is 1.94 bits per heavy atom. The first-order valence-electron chi connectivity index (χ1n) is 12.1. The van der Waals surface area contributed by atoms with Gasteiger partial charge in [0.1, 0.15) is 0 Å². The fourth-order valence-electron chi connectivity index (χ4n) is 5.56. The van der Waals surface area contributed by atoms with E-state index in [1.165, 1.54) is 83.4 Å². The van der Waals surface area contributed by atoms with Gasteiger partial charge in [0.25, 0.3) is 0 Å². The maximum absolute atomic E-state index is 9.10. The minimum Gasteiger partial charge on any atom is -0.473 e. The van der Waals surface area contributed by atoms with Crippen molar-refractivity contribution in [3.05, 3.63) is 35.9 Å². The molecule has 0 radical (unpaired) electrons. The lowest BCUT2D eigenvalue weighted by Gasteiger charge is -2.46.